The summed E-state index contributed by atoms with van der Waals surface area (Å²) in [6.45, 7) is -3.14. The smallest absolute Gasteiger partial charge is 0.224 e. The SMILES string of the molecule is OC[C@H]1OC(OC[C@H]2O[C@@H](O[C@]3(CO)O[C@H](CO)[C@@H](O)[C@@H]3O)[C@H](O)[C@@H](O)[C@@H]2O)[C@H](O)[C@@H](O)[C@H]1O. The van der Waals surface area contributed by atoms with Crippen molar-refractivity contribution < 1.29 is 79.9 Å². The number of hydrogen-bond donors (Lipinski definition) is 11. The van der Waals surface area contributed by atoms with Crippen molar-refractivity contribution in [2.45, 2.75) is 85.5 Å². The summed E-state index contributed by atoms with van der Waals surface area (Å²) >= 11 is 0. The minimum Gasteiger partial charge on any atom is -0.394 e. The van der Waals surface area contributed by atoms with Gasteiger partial charge in [-0.05, 0) is 0 Å². The van der Waals surface area contributed by atoms with Gasteiger partial charge in [0, 0.05) is 0 Å². The first-order valence-electron chi connectivity index (χ1n) is 10.6. The van der Waals surface area contributed by atoms with Gasteiger partial charge in [0.25, 0.3) is 0 Å². The summed E-state index contributed by atoms with van der Waals surface area (Å²) in [6.07, 6.45) is -21.8. The molecule has 1 unspecified atom stereocenters. The first kappa shape index (κ1) is 27.9. The van der Waals surface area contributed by atoms with Gasteiger partial charge in [-0.2, -0.15) is 0 Å². The molecule has 3 heterocycles. The van der Waals surface area contributed by atoms with E-state index >= 15 is 0 Å². The van der Waals surface area contributed by atoms with Crippen LogP contribution >= 0.6 is 0 Å². The highest BCUT2D eigenvalue weighted by atomic mass is 16.8. The molecular formula is C18H32O16. The molecule has 3 aliphatic rings. The molecule has 16 heteroatoms. The zero-order valence-electron chi connectivity index (χ0n) is 17.8. The molecule has 0 aromatic carbocycles. The van der Waals surface area contributed by atoms with E-state index in [1.165, 1.54) is 0 Å². The molecule has 0 aromatic heterocycles. The number of hydrogen-bond acceptors (Lipinski definition) is 16. The van der Waals surface area contributed by atoms with Gasteiger partial charge in [-0.3, -0.25) is 0 Å². The molecule has 3 fully saturated rings. The van der Waals surface area contributed by atoms with Gasteiger partial charge >= 0.3 is 0 Å². The van der Waals surface area contributed by atoms with Crippen LogP contribution < -0.4 is 0 Å². The molecule has 0 spiro atoms. The van der Waals surface area contributed by atoms with Crippen molar-refractivity contribution in [3.8, 4) is 0 Å². The van der Waals surface area contributed by atoms with Crippen molar-refractivity contribution in [2.75, 3.05) is 26.4 Å². The van der Waals surface area contributed by atoms with E-state index in [1.54, 1.807) is 0 Å². The lowest BCUT2D eigenvalue weighted by atomic mass is 9.98. The molecule has 3 aliphatic heterocycles. The Morgan fingerprint density at radius 3 is 1.65 bits per heavy atom. The van der Waals surface area contributed by atoms with Crippen molar-refractivity contribution in [3.63, 3.8) is 0 Å². The molecule has 0 aromatic rings. The Labute approximate surface area is 192 Å². The van der Waals surface area contributed by atoms with E-state index in [9.17, 15) is 56.2 Å². The number of rotatable bonds is 8. The summed E-state index contributed by atoms with van der Waals surface area (Å²) < 4.78 is 26.4. The maximum atomic E-state index is 10.3. The summed E-state index contributed by atoms with van der Waals surface area (Å²) in [5.41, 5.74) is 0. The third-order valence-corrected chi connectivity index (χ3v) is 6.16. The number of aliphatic hydroxyl groups is 11. The summed E-state index contributed by atoms with van der Waals surface area (Å²) in [6, 6.07) is 0. The van der Waals surface area contributed by atoms with Crippen LogP contribution in [0.4, 0.5) is 0 Å². The maximum Gasteiger partial charge on any atom is 0.224 e. The highest BCUT2D eigenvalue weighted by Gasteiger charge is 2.58. The van der Waals surface area contributed by atoms with E-state index in [0.29, 0.717) is 0 Å². The Kier molecular flexibility index (Phi) is 9.18. The zero-order chi connectivity index (χ0) is 25.4. The zero-order valence-corrected chi connectivity index (χ0v) is 17.8. The number of aliphatic hydroxyl groups excluding tert-OH is 11. The summed E-state index contributed by atoms with van der Waals surface area (Å²) in [5, 5.41) is 109. The molecule has 0 amide bonds. The first-order chi connectivity index (χ1) is 16.0. The third kappa shape index (κ3) is 5.09. The second kappa shape index (κ2) is 11.2. The van der Waals surface area contributed by atoms with Crippen molar-refractivity contribution in [1.29, 1.82) is 0 Å². The lowest BCUT2D eigenvalue weighted by Crippen LogP contribution is -2.63. The van der Waals surface area contributed by atoms with E-state index in [1.807, 2.05) is 0 Å². The van der Waals surface area contributed by atoms with Crippen LogP contribution in [0.3, 0.4) is 0 Å². The minimum absolute atomic E-state index is 0.634. The van der Waals surface area contributed by atoms with Gasteiger partial charge in [-0.15, -0.1) is 0 Å². The van der Waals surface area contributed by atoms with Crippen LogP contribution in [-0.2, 0) is 23.7 Å². The molecule has 16 nitrogen and oxygen atoms in total. The summed E-state index contributed by atoms with van der Waals surface area (Å²) in [4.78, 5) is 0. The predicted molar refractivity (Wildman–Crippen MR) is 101 cm³/mol. The highest BCUT2D eigenvalue weighted by Crippen LogP contribution is 2.36. The largest absolute Gasteiger partial charge is 0.394 e. The molecule has 0 saturated carbocycles. The van der Waals surface area contributed by atoms with E-state index in [-0.39, 0.29) is 0 Å². The fourth-order valence-corrected chi connectivity index (χ4v) is 4.01. The summed E-state index contributed by atoms with van der Waals surface area (Å²) in [5.74, 6) is -2.36. The van der Waals surface area contributed by atoms with Crippen LogP contribution in [0, 0.1) is 0 Å². The molecule has 200 valence electrons. The van der Waals surface area contributed by atoms with Crippen LogP contribution in [0.1, 0.15) is 0 Å². The Morgan fingerprint density at radius 2 is 1.12 bits per heavy atom. The monoisotopic (exact) mass is 504 g/mol. The Bertz CT molecular complexity index is 653. The van der Waals surface area contributed by atoms with Gasteiger partial charge in [-0.25, -0.2) is 0 Å². The fraction of sp³-hybridized carbons (Fsp3) is 1.00. The van der Waals surface area contributed by atoms with Crippen molar-refractivity contribution in [1.82, 2.24) is 0 Å². The summed E-state index contributed by atoms with van der Waals surface area (Å²) in [7, 11) is 0. The van der Waals surface area contributed by atoms with E-state index in [0.717, 1.165) is 0 Å². The second-order valence-corrected chi connectivity index (χ2v) is 8.41. The Hall–Kier alpha value is -0.640. The van der Waals surface area contributed by atoms with E-state index in [2.05, 4.69) is 0 Å². The first-order valence-corrected chi connectivity index (χ1v) is 10.6. The molecule has 0 radical (unpaired) electrons. The predicted octanol–water partition coefficient (Wildman–Crippen LogP) is -7.57. The van der Waals surface area contributed by atoms with Crippen LogP contribution in [0.25, 0.3) is 0 Å². The van der Waals surface area contributed by atoms with Crippen LogP contribution in [0.5, 0.6) is 0 Å². The van der Waals surface area contributed by atoms with E-state index in [4.69, 9.17) is 23.7 Å². The van der Waals surface area contributed by atoms with Crippen LogP contribution in [-0.4, -0.2) is 168 Å². The standard InChI is InChI=1S/C18H32O16/c19-1-5-8(22)11(25)13(27)16(31-5)30-3-7-9(23)12(26)14(28)17(32-7)34-18(4-21)15(29)10(24)6(2-20)33-18/h5-17,19-29H,1-4H2/t5-,6-,7-,8+,9-,10-,11+,12+,13-,14-,15+,16?,17+,18+/m1/s1. The van der Waals surface area contributed by atoms with Crippen LogP contribution in [0.15, 0.2) is 0 Å². The molecule has 0 bridgehead atoms. The quantitative estimate of drug-likeness (QED) is 0.146. The molecule has 0 aliphatic carbocycles. The average Bonchev–Trinajstić information content (AvgIpc) is 3.08. The van der Waals surface area contributed by atoms with Gasteiger partial charge in [-0.1, -0.05) is 0 Å². The second-order valence-electron chi connectivity index (χ2n) is 8.41. The van der Waals surface area contributed by atoms with Crippen molar-refractivity contribution >= 4 is 0 Å². The fourth-order valence-electron chi connectivity index (χ4n) is 4.01. The maximum absolute atomic E-state index is 10.3. The Balaban J connectivity index is 1.69. The average molecular weight is 504 g/mol. The van der Waals surface area contributed by atoms with Gasteiger partial charge < -0.3 is 79.9 Å². The molecule has 11 N–H and O–H groups in total. The third-order valence-electron chi connectivity index (χ3n) is 6.16. The van der Waals surface area contributed by atoms with Gasteiger partial charge in [0.1, 0.15) is 73.8 Å². The molecule has 34 heavy (non-hydrogen) atoms. The molecule has 14 atom stereocenters. The van der Waals surface area contributed by atoms with Crippen molar-refractivity contribution in [3.05, 3.63) is 0 Å². The van der Waals surface area contributed by atoms with Gasteiger partial charge in [0.2, 0.25) is 5.79 Å². The lowest BCUT2D eigenvalue weighted by molar-refractivity contribution is -0.388. The normalized spacial score (nSPS) is 52.1. The number of ether oxygens (including phenoxy) is 5. The lowest BCUT2D eigenvalue weighted by Gasteiger charge is -2.44. The molecular weight excluding hydrogens is 472 g/mol. The minimum atomic E-state index is -2.36. The van der Waals surface area contributed by atoms with Crippen molar-refractivity contribution in [2.24, 2.45) is 0 Å². The van der Waals surface area contributed by atoms with E-state index < -0.39 is 112 Å². The molecule has 3 rings (SSSR count). The molecule has 3 saturated heterocycles. The van der Waals surface area contributed by atoms with Gasteiger partial charge in [0.05, 0.1) is 19.8 Å². The van der Waals surface area contributed by atoms with Gasteiger partial charge in [0.15, 0.2) is 12.6 Å². The van der Waals surface area contributed by atoms with Crippen LogP contribution in [0.2, 0.25) is 0 Å². The topological polar surface area (TPSA) is 269 Å². The highest BCUT2D eigenvalue weighted by molar-refractivity contribution is 4.98. The Morgan fingerprint density at radius 1 is 0.588 bits per heavy atom.